The van der Waals surface area contributed by atoms with Crippen LogP contribution < -0.4 is 0 Å². The van der Waals surface area contributed by atoms with Crippen molar-refractivity contribution < 1.29 is 0 Å². The van der Waals surface area contributed by atoms with Gasteiger partial charge in [0.25, 0.3) is 0 Å². The number of hydrogen-bond donors (Lipinski definition) is 0. The van der Waals surface area contributed by atoms with Crippen LogP contribution in [0.15, 0.2) is 180 Å². The molecule has 0 amide bonds. The molecule has 1 aliphatic heterocycles. The number of rotatable bonds is 5. The molecule has 0 bridgehead atoms. The van der Waals surface area contributed by atoms with Gasteiger partial charge in [0.1, 0.15) is 0 Å². The van der Waals surface area contributed by atoms with Crippen molar-refractivity contribution in [2.75, 3.05) is 0 Å². The van der Waals surface area contributed by atoms with Crippen LogP contribution in [-0.2, 0) is 0 Å². The van der Waals surface area contributed by atoms with Gasteiger partial charge in [-0.3, -0.25) is 0 Å². The van der Waals surface area contributed by atoms with Gasteiger partial charge in [-0.1, -0.05) is 157 Å². The van der Waals surface area contributed by atoms with Gasteiger partial charge in [0.05, 0.1) is 0 Å². The molecular formula is C44H28S2. The van der Waals surface area contributed by atoms with Crippen molar-refractivity contribution in [2.45, 2.75) is 9.79 Å². The molecule has 7 aromatic carbocycles. The Balaban J connectivity index is 1.16. The topological polar surface area (TPSA) is 0 Å². The van der Waals surface area contributed by atoms with E-state index in [1.807, 2.05) is 23.1 Å². The van der Waals surface area contributed by atoms with Crippen molar-refractivity contribution in [1.29, 1.82) is 0 Å². The number of fused-ring (bicyclic) bond motifs is 2. The van der Waals surface area contributed by atoms with Crippen LogP contribution in [0.5, 0.6) is 0 Å². The first-order valence-electron chi connectivity index (χ1n) is 15.6. The Bertz CT molecular complexity index is 2400. The third-order valence-corrected chi connectivity index (χ3v) is 11.3. The molecule has 0 saturated heterocycles. The molecule has 216 valence electrons. The SMILES string of the molecule is c1ccc(-c2ccccc2-c2ccccc2-c2ccccc2-c2ccc(-c3ccc4c5c(cccc35)-c3ccccc3S4)s2)cc1. The summed E-state index contributed by atoms with van der Waals surface area (Å²) in [6, 6.07) is 62.0. The molecule has 1 aromatic heterocycles. The Morgan fingerprint density at radius 1 is 0.283 bits per heavy atom. The maximum Gasteiger partial charge on any atom is 0.0355 e. The fourth-order valence-corrected chi connectivity index (χ4v) is 9.11. The Labute approximate surface area is 277 Å². The Hall–Kier alpha value is -5.15. The molecule has 0 atom stereocenters. The summed E-state index contributed by atoms with van der Waals surface area (Å²) in [4.78, 5) is 5.23. The largest absolute Gasteiger partial charge is 0.135 e. The third kappa shape index (κ3) is 4.53. The fraction of sp³-hybridized carbons (Fsp3) is 0. The minimum atomic E-state index is 1.23. The summed E-state index contributed by atoms with van der Waals surface area (Å²) in [5.74, 6) is 0. The minimum absolute atomic E-state index is 1.23. The zero-order valence-corrected chi connectivity index (χ0v) is 26.6. The van der Waals surface area contributed by atoms with Gasteiger partial charge in [-0.2, -0.15) is 0 Å². The molecule has 2 heteroatoms. The van der Waals surface area contributed by atoms with Gasteiger partial charge in [0, 0.05) is 24.9 Å². The monoisotopic (exact) mass is 620 g/mol. The van der Waals surface area contributed by atoms with E-state index in [4.69, 9.17) is 0 Å². The van der Waals surface area contributed by atoms with Crippen molar-refractivity contribution in [3.8, 4) is 65.4 Å². The highest BCUT2D eigenvalue weighted by Gasteiger charge is 2.21. The quantitative estimate of drug-likeness (QED) is 0.184. The van der Waals surface area contributed by atoms with Crippen LogP contribution in [0, 0.1) is 0 Å². The molecule has 46 heavy (non-hydrogen) atoms. The average Bonchev–Trinajstić information content (AvgIpc) is 3.62. The highest BCUT2D eigenvalue weighted by atomic mass is 32.2. The van der Waals surface area contributed by atoms with Gasteiger partial charge >= 0.3 is 0 Å². The minimum Gasteiger partial charge on any atom is -0.135 e. The standard InChI is InChI=1S/C44H28S2/c1-2-13-29(14-3-1)30-15-4-5-16-31(30)32-17-6-7-18-33(32)34-19-8-9-20-35(34)41-27-28-42(45-41)37-25-26-43-44-38(22-12-23-39(37)44)36-21-10-11-24-40(36)46-43/h1-28H. The lowest BCUT2D eigenvalue weighted by molar-refractivity contribution is 1.40. The maximum absolute atomic E-state index is 2.32. The molecule has 1 aliphatic rings. The van der Waals surface area contributed by atoms with E-state index in [-0.39, 0.29) is 0 Å². The zero-order valence-electron chi connectivity index (χ0n) is 25.0. The molecular weight excluding hydrogens is 593 g/mol. The summed E-state index contributed by atoms with van der Waals surface area (Å²) >= 11 is 3.76. The molecule has 0 spiro atoms. The lowest BCUT2D eigenvalue weighted by atomic mass is 9.88. The van der Waals surface area contributed by atoms with Crippen LogP contribution in [-0.4, -0.2) is 0 Å². The van der Waals surface area contributed by atoms with Crippen LogP contribution in [0.25, 0.3) is 76.2 Å². The molecule has 2 heterocycles. The average molecular weight is 621 g/mol. The summed E-state index contributed by atoms with van der Waals surface area (Å²) in [6.45, 7) is 0. The second-order valence-corrected chi connectivity index (χ2v) is 13.8. The fourth-order valence-electron chi connectivity index (χ4n) is 6.90. The molecule has 0 saturated carbocycles. The Kier molecular flexibility index (Phi) is 6.70. The maximum atomic E-state index is 2.32. The van der Waals surface area contributed by atoms with Crippen LogP contribution in [0.1, 0.15) is 0 Å². The van der Waals surface area contributed by atoms with E-state index in [0.29, 0.717) is 0 Å². The molecule has 0 aliphatic carbocycles. The molecule has 0 fully saturated rings. The summed E-state index contributed by atoms with van der Waals surface area (Å²) in [7, 11) is 0. The van der Waals surface area contributed by atoms with E-state index in [9.17, 15) is 0 Å². The smallest absolute Gasteiger partial charge is 0.0355 e. The summed E-state index contributed by atoms with van der Waals surface area (Å²) in [5, 5.41) is 2.69. The molecule has 8 aromatic rings. The predicted octanol–water partition coefficient (Wildman–Crippen LogP) is 13.4. The van der Waals surface area contributed by atoms with Crippen molar-refractivity contribution in [3.05, 3.63) is 170 Å². The van der Waals surface area contributed by atoms with E-state index < -0.39 is 0 Å². The van der Waals surface area contributed by atoms with Crippen LogP contribution in [0.2, 0.25) is 0 Å². The first kappa shape index (κ1) is 27.2. The van der Waals surface area contributed by atoms with E-state index >= 15 is 0 Å². The van der Waals surface area contributed by atoms with E-state index in [1.54, 1.807) is 0 Å². The first-order chi connectivity index (χ1) is 22.8. The zero-order chi connectivity index (χ0) is 30.5. The number of hydrogen-bond acceptors (Lipinski definition) is 2. The molecule has 0 nitrogen and oxygen atoms in total. The van der Waals surface area contributed by atoms with Crippen molar-refractivity contribution >= 4 is 33.9 Å². The van der Waals surface area contributed by atoms with Gasteiger partial charge in [0.15, 0.2) is 0 Å². The van der Waals surface area contributed by atoms with Crippen molar-refractivity contribution in [2.24, 2.45) is 0 Å². The van der Waals surface area contributed by atoms with E-state index in [0.717, 1.165) is 0 Å². The molecule has 0 radical (unpaired) electrons. The van der Waals surface area contributed by atoms with Crippen LogP contribution >= 0.6 is 23.1 Å². The van der Waals surface area contributed by atoms with Crippen LogP contribution in [0.4, 0.5) is 0 Å². The van der Waals surface area contributed by atoms with Gasteiger partial charge in [-0.15, -0.1) is 11.3 Å². The normalized spacial score (nSPS) is 11.8. The van der Waals surface area contributed by atoms with E-state index in [1.165, 1.54) is 86.0 Å². The Morgan fingerprint density at radius 2 is 0.804 bits per heavy atom. The first-order valence-corrected chi connectivity index (χ1v) is 17.2. The molecule has 9 rings (SSSR count). The second-order valence-electron chi connectivity index (χ2n) is 11.6. The van der Waals surface area contributed by atoms with Gasteiger partial charge in [0.2, 0.25) is 0 Å². The summed E-state index contributed by atoms with van der Waals surface area (Å²) in [5.41, 5.74) is 12.7. The van der Waals surface area contributed by atoms with Crippen molar-refractivity contribution in [1.82, 2.24) is 0 Å². The second kappa shape index (κ2) is 11.3. The summed E-state index contributed by atoms with van der Waals surface area (Å²) in [6.07, 6.45) is 0. The lowest BCUT2D eigenvalue weighted by Gasteiger charge is -2.21. The number of benzene rings is 7. The third-order valence-electron chi connectivity index (χ3n) is 8.98. The van der Waals surface area contributed by atoms with Crippen LogP contribution in [0.3, 0.4) is 0 Å². The van der Waals surface area contributed by atoms with Crippen molar-refractivity contribution in [3.63, 3.8) is 0 Å². The molecule has 0 unspecified atom stereocenters. The van der Waals surface area contributed by atoms with Gasteiger partial charge < -0.3 is 0 Å². The van der Waals surface area contributed by atoms with Gasteiger partial charge in [-0.05, 0) is 85.3 Å². The van der Waals surface area contributed by atoms with E-state index in [2.05, 4.69) is 170 Å². The number of thiophene rings is 1. The lowest BCUT2D eigenvalue weighted by Crippen LogP contribution is -1.93. The Morgan fingerprint density at radius 3 is 1.52 bits per heavy atom. The van der Waals surface area contributed by atoms with Gasteiger partial charge in [-0.25, -0.2) is 0 Å². The highest BCUT2D eigenvalue weighted by Crippen LogP contribution is 2.51. The summed E-state index contributed by atoms with van der Waals surface area (Å²) < 4.78 is 0. The predicted molar refractivity (Wildman–Crippen MR) is 199 cm³/mol. The highest BCUT2D eigenvalue weighted by molar-refractivity contribution is 7.99. The molecule has 0 N–H and O–H groups in total.